The summed E-state index contributed by atoms with van der Waals surface area (Å²) in [6.07, 6.45) is 2.09. The van der Waals surface area contributed by atoms with E-state index in [1.807, 2.05) is 56.0 Å². The summed E-state index contributed by atoms with van der Waals surface area (Å²) in [6.45, 7) is 7.82. The third-order valence-electron chi connectivity index (χ3n) is 7.97. The Morgan fingerprint density at radius 1 is 1.11 bits per heavy atom. The van der Waals surface area contributed by atoms with Crippen molar-refractivity contribution < 1.29 is 14.3 Å². The van der Waals surface area contributed by atoms with E-state index < -0.39 is 0 Å². The molecule has 0 saturated carbocycles. The van der Waals surface area contributed by atoms with Crippen molar-refractivity contribution >= 4 is 12.0 Å². The molecule has 0 spiro atoms. The quantitative estimate of drug-likeness (QED) is 0.527. The number of imidazole rings is 1. The molecule has 8 heteroatoms. The normalized spacial score (nSPS) is 17.6. The van der Waals surface area contributed by atoms with Crippen LogP contribution in [0, 0.1) is 25.2 Å². The van der Waals surface area contributed by atoms with Crippen molar-refractivity contribution in [2.24, 2.45) is 0 Å². The molecule has 3 heterocycles. The second-order valence-corrected chi connectivity index (χ2v) is 10.4. The van der Waals surface area contributed by atoms with Gasteiger partial charge >= 0.3 is 6.09 Å². The first-order valence-electron chi connectivity index (χ1n) is 13.1. The molecule has 0 bridgehead atoms. The maximum absolute atomic E-state index is 13.6. The summed E-state index contributed by atoms with van der Waals surface area (Å²) in [5, 5.41) is 9.05. The van der Waals surface area contributed by atoms with Crippen molar-refractivity contribution in [2.75, 3.05) is 20.2 Å². The van der Waals surface area contributed by atoms with Gasteiger partial charge in [0, 0.05) is 36.7 Å². The number of nitrogens with zero attached hydrogens (tertiary/aromatic N) is 4. The molecule has 5 rings (SSSR count). The smallest absolute Gasteiger partial charge is 0.410 e. The minimum absolute atomic E-state index is 0.00503. The number of carbonyl (C=O) groups excluding carboxylic acids is 2. The van der Waals surface area contributed by atoms with Crippen molar-refractivity contribution in [1.82, 2.24) is 19.8 Å². The number of hydrogen-bond acceptors (Lipinski definition) is 5. The van der Waals surface area contributed by atoms with Crippen LogP contribution in [0.15, 0.2) is 36.4 Å². The van der Waals surface area contributed by atoms with Crippen LogP contribution in [0.2, 0.25) is 0 Å². The number of carbonyl (C=O) groups is 2. The average Bonchev–Trinajstić information content (AvgIpc) is 3.34. The fraction of sp³-hybridized carbons (Fsp3) is 0.400. The Balaban J connectivity index is 1.34. The lowest BCUT2D eigenvalue weighted by Crippen LogP contribution is -2.42. The van der Waals surface area contributed by atoms with Crippen LogP contribution in [-0.4, -0.2) is 58.0 Å². The molecule has 1 N–H and O–H groups in total. The summed E-state index contributed by atoms with van der Waals surface area (Å²) in [4.78, 5) is 37.7. The zero-order valence-electron chi connectivity index (χ0n) is 22.4. The lowest BCUT2D eigenvalue weighted by Gasteiger charge is -2.32. The number of H-pyrrole nitrogens is 1. The second kappa shape index (κ2) is 10.3. The highest BCUT2D eigenvalue weighted by Crippen LogP contribution is 2.32. The van der Waals surface area contributed by atoms with Gasteiger partial charge in [-0.3, -0.25) is 9.69 Å². The summed E-state index contributed by atoms with van der Waals surface area (Å²) in [5.74, 6) is 1.16. The van der Waals surface area contributed by atoms with E-state index >= 15 is 0 Å². The van der Waals surface area contributed by atoms with Gasteiger partial charge in [-0.2, -0.15) is 5.26 Å². The molecule has 0 aliphatic carbocycles. The standard InChI is InChI=1S/C30H33N5O3/c1-18-13-19(2)25(29(36)34-11-9-23(10-12-34)22-7-5-21(16-31)6-8-22)15-24(18)28-32-26-14-20(3)35(30(37)38-4)17-27(26)33-28/h5-8,13,15,20,23H,9-12,14,17H2,1-4H3,(H,32,33). The number of benzene rings is 2. The molecule has 8 nitrogen and oxygen atoms in total. The highest BCUT2D eigenvalue weighted by atomic mass is 16.5. The topological polar surface area (TPSA) is 102 Å². The minimum Gasteiger partial charge on any atom is -0.453 e. The van der Waals surface area contributed by atoms with Crippen LogP contribution in [0.3, 0.4) is 0 Å². The van der Waals surface area contributed by atoms with Gasteiger partial charge < -0.3 is 14.6 Å². The highest BCUT2D eigenvalue weighted by molar-refractivity contribution is 5.97. The van der Waals surface area contributed by atoms with Crippen LogP contribution in [0.25, 0.3) is 11.4 Å². The van der Waals surface area contributed by atoms with Gasteiger partial charge in [0.15, 0.2) is 0 Å². The molecule has 1 atom stereocenters. The number of ether oxygens (including phenoxy) is 1. The van der Waals surface area contributed by atoms with Gasteiger partial charge in [0.25, 0.3) is 5.91 Å². The predicted octanol–water partition coefficient (Wildman–Crippen LogP) is 5.10. The van der Waals surface area contributed by atoms with Crippen LogP contribution in [0.5, 0.6) is 0 Å². The van der Waals surface area contributed by atoms with Crippen molar-refractivity contribution in [3.8, 4) is 17.5 Å². The van der Waals surface area contributed by atoms with Gasteiger partial charge in [-0.15, -0.1) is 0 Å². The van der Waals surface area contributed by atoms with Crippen molar-refractivity contribution in [1.29, 1.82) is 5.26 Å². The zero-order valence-corrected chi connectivity index (χ0v) is 22.4. The van der Waals surface area contributed by atoms with Crippen LogP contribution < -0.4 is 0 Å². The van der Waals surface area contributed by atoms with Crippen LogP contribution in [-0.2, 0) is 17.7 Å². The first-order valence-corrected chi connectivity index (χ1v) is 13.1. The SMILES string of the molecule is COC(=O)N1Cc2[nH]c(-c3cc(C(=O)N4CCC(c5ccc(C#N)cc5)CC4)c(C)cc3C)nc2CC1C. The molecule has 1 aromatic heterocycles. The number of aromatic nitrogens is 2. The van der Waals surface area contributed by atoms with Gasteiger partial charge in [-0.1, -0.05) is 18.2 Å². The number of hydrogen-bond donors (Lipinski definition) is 1. The largest absolute Gasteiger partial charge is 0.453 e. The summed E-state index contributed by atoms with van der Waals surface area (Å²) < 4.78 is 4.94. The van der Waals surface area contributed by atoms with Crippen molar-refractivity contribution in [3.63, 3.8) is 0 Å². The molecule has 196 valence electrons. The number of nitriles is 1. The molecule has 1 unspecified atom stereocenters. The predicted molar refractivity (Wildman–Crippen MR) is 144 cm³/mol. The Bertz CT molecular complexity index is 1410. The van der Waals surface area contributed by atoms with E-state index in [9.17, 15) is 9.59 Å². The lowest BCUT2D eigenvalue weighted by molar-refractivity contribution is 0.0712. The minimum atomic E-state index is -0.346. The van der Waals surface area contributed by atoms with Crippen LogP contribution in [0.4, 0.5) is 4.79 Å². The van der Waals surface area contributed by atoms with E-state index in [4.69, 9.17) is 15.0 Å². The zero-order chi connectivity index (χ0) is 27.0. The van der Waals surface area contributed by atoms with E-state index in [-0.39, 0.29) is 18.0 Å². The number of aromatic amines is 1. The monoisotopic (exact) mass is 511 g/mol. The molecular formula is C30H33N5O3. The molecule has 3 aromatic rings. The Hall–Kier alpha value is -4.12. The average molecular weight is 512 g/mol. The van der Waals surface area contributed by atoms with Gasteiger partial charge in [0.05, 0.1) is 36.7 Å². The summed E-state index contributed by atoms with van der Waals surface area (Å²) in [7, 11) is 1.40. The Morgan fingerprint density at radius 3 is 2.47 bits per heavy atom. The summed E-state index contributed by atoms with van der Waals surface area (Å²) >= 11 is 0. The molecule has 2 aliphatic rings. The Morgan fingerprint density at radius 2 is 1.82 bits per heavy atom. The number of fused-ring (bicyclic) bond motifs is 1. The summed E-state index contributed by atoms with van der Waals surface area (Å²) in [5.41, 5.74) is 7.34. The first kappa shape index (κ1) is 25.5. The van der Waals surface area contributed by atoms with E-state index in [0.29, 0.717) is 43.1 Å². The van der Waals surface area contributed by atoms with Gasteiger partial charge in [-0.05, 0) is 74.4 Å². The first-order chi connectivity index (χ1) is 18.3. The maximum atomic E-state index is 13.6. The molecule has 1 fully saturated rings. The second-order valence-electron chi connectivity index (χ2n) is 10.4. The van der Waals surface area contributed by atoms with Crippen LogP contribution >= 0.6 is 0 Å². The van der Waals surface area contributed by atoms with E-state index in [1.54, 1.807) is 4.90 Å². The number of methoxy groups -OCH3 is 1. The molecule has 38 heavy (non-hydrogen) atoms. The van der Waals surface area contributed by atoms with Crippen molar-refractivity contribution in [3.05, 3.63) is 75.6 Å². The number of rotatable bonds is 3. The molecule has 0 radical (unpaired) electrons. The number of piperidine rings is 1. The number of likely N-dealkylation sites (tertiary alicyclic amines) is 1. The fourth-order valence-electron chi connectivity index (χ4n) is 5.70. The van der Waals surface area contributed by atoms with Gasteiger partial charge in [0.1, 0.15) is 5.82 Å². The molecule has 2 amide bonds. The number of amides is 2. The third-order valence-corrected chi connectivity index (χ3v) is 7.97. The molecular weight excluding hydrogens is 478 g/mol. The number of nitrogens with one attached hydrogen (secondary N) is 1. The maximum Gasteiger partial charge on any atom is 0.410 e. The molecule has 2 aromatic carbocycles. The van der Waals surface area contributed by atoms with Gasteiger partial charge in [-0.25, -0.2) is 9.78 Å². The van der Waals surface area contributed by atoms with Gasteiger partial charge in [0.2, 0.25) is 0 Å². The lowest BCUT2D eigenvalue weighted by atomic mass is 9.88. The number of aryl methyl sites for hydroxylation is 2. The fourth-order valence-corrected chi connectivity index (χ4v) is 5.70. The molecule has 2 aliphatic heterocycles. The van der Waals surface area contributed by atoms with E-state index in [1.165, 1.54) is 12.7 Å². The summed E-state index contributed by atoms with van der Waals surface area (Å²) in [6, 6.07) is 14.0. The van der Waals surface area contributed by atoms with E-state index in [2.05, 4.69) is 17.1 Å². The van der Waals surface area contributed by atoms with E-state index in [0.717, 1.165) is 46.7 Å². The van der Waals surface area contributed by atoms with Crippen LogP contribution in [0.1, 0.15) is 69.7 Å². The Kier molecular flexibility index (Phi) is 6.94. The Labute approximate surface area is 223 Å². The highest BCUT2D eigenvalue weighted by Gasteiger charge is 2.31. The molecule has 1 saturated heterocycles. The van der Waals surface area contributed by atoms with Crippen molar-refractivity contribution in [2.45, 2.75) is 58.5 Å². The third kappa shape index (κ3) is 4.76.